The molecular weight excluding hydrogens is 1040 g/mol. The van der Waals surface area contributed by atoms with Crippen LogP contribution in [0.3, 0.4) is 0 Å². The fourth-order valence-corrected chi connectivity index (χ4v) is 14.6. The van der Waals surface area contributed by atoms with Crippen LogP contribution in [0, 0.1) is 0 Å². The zero-order valence-corrected chi connectivity index (χ0v) is 45.1. The number of anilines is 4. The summed E-state index contributed by atoms with van der Waals surface area (Å²) in [7, 11) is -15.8. The van der Waals surface area contributed by atoms with Gasteiger partial charge >= 0.3 is 0 Å². The van der Waals surface area contributed by atoms with E-state index in [0.717, 1.165) is 0 Å². The van der Waals surface area contributed by atoms with Crippen LogP contribution in [-0.2, 0) is 40.1 Å². The highest BCUT2D eigenvalue weighted by Crippen LogP contribution is 2.30. The van der Waals surface area contributed by atoms with Gasteiger partial charge < -0.3 is 32.7 Å². The van der Waals surface area contributed by atoms with E-state index in [1.807, 2.05) is 0 Å². The topological polar surface area (TPSA) is 295 Å². The van der Waals surface area contributed by atoms with E-state index < -0.39 is 40.1 Å². The van der Waals surface area contributed by atoms with Crippen LogP contribution in [0.1, 0.15) is 25.7 Å². The molecule has 0 saturated heterocycles. The van der Waals surface area contributed by atoms with Gasteiger partial charge in [0, 0.05) is 105 Å². The van der Waals surface area contributed by atoms with Gasteiger partial charge in [0.1, 0.15) is 0 Å². The lowest BCUT2D eigenvalue weighted by molar-refractivity contribution is 0.198. The molecule has 0 aliphatic carbocycles. The molecule has 0 bridgehead atoms. The Balaban J connectivity index is 0.957. The summed E-state index contributed by atoms with van der Waals surface area (Å²) in [5, 5.41) is 4.52. The standard InChI is InChI=1S/C54H64N10O8S4/c55-47-21-1-17-43-39(47)13-5-25-51(43)73(65,66)59-29-9-33-63(34-10-30-60-74(67,68)52-26-6-14-40-44(52)18-2-22-48(40)56)37-38-64(35-11-31-61-75(69,70)53-27-7-15-41-45(53)19-3-23-49(41)57)36-12-32-62-76(71,72)54-28-8-16-42-46(54)20-4-24-50(42)58/h1-8,13-28,59-62H,9-12,29-38,55-58H2. The summed E-state index contributed by atoms with van der Waals surface area (Å²) in [5.74, 6) is 0. The number of hydrogen-bond donors (Lipinski definition) is 8. The molecule has 402 valence electrons. The van der Waals surface area contributed by atoms with Gasteiger partial charge in [0.05, 0.1) is 19.6 Å². The minimum absolute atomic E-state index is 0.102. The molecule has 0 amide bonds. The maximum Gasteiger partial charge on any atom is 0.241 e. The van der Waals surface area contributed by atoms with Crippen LogP contribution < -0.4 is 41.8 Å². The minimum Gasteiger partial charge on any atom is -0.398 e. The van der Waals surface area contributed by atoms with E-state index in [4.69, 9.17) is 22.9 Å². The van der Waals surface area contributed by atoms with Crippen molar-refractivity contribution in [1.29, 1.82) is 0 Å². The molecule has 0 unspecified atom stereocenters. The van der Waals surface area contributed by atoms with Gasteiger partial charge in [-0.15, -0.1) is 0 Å². The maximum absolute atomic E-state index is 13.7. The molecule has 8 aromatic carbocycles. The number of sulfonamides is 4. The van der Waals surface area contributed by atoms with E-state index in [0.29, 0.717) is 131 Å². The number of rotatable bonds is 27. The number of nitrogens with two attached hydrogens (primary N) is 4. The van der Waals surface area contributed by atoms with Gasteiger partial charge in [-0.05, 0) is 100 Å². The number of nitrogens with zero attached hydrogens (tertiary/aromatic N) is 2. The number of fused-ring (bicyclic) bond motifs is 4. The first kappa shape index (κ1) is 55.8. The molecule has 18 nitrogen and oxygen atoms in total. The summed E-state index contributed by atoms with van der Waals surface area (Å²) < 4.78 is 120. The van der Waals surface area contributed by atoms with Crippen molar-refractivity contribution in [1.82, 2.24) is 28.7 Å². The minimum atomic E-state index is -3.94. The first-order chi connectivity index (χ1) is 36.4. The highest BCUT2D eigenvalue weighted by molar-refractivity contribution is 7.90. The van der Waals surface area contributed by atoms with E-state index in [1.165, 1.54) is 24.3 Å². The van der Waals surface area contributed by atoms with Crippen LogP contribution in [-0.4, -0.2) is 109 Å². The van der Waals surface area contributed by atoms with Crippen LogP contribution in [0.5, 0.6) is 0 Å². The van der Waals surface area contributed by atoms with Gasteiger partial charge in [-0.2, -0.15) is 0 Å². The third-order valence-electron chi connectivity index (χ3n) is 13.3. The predicted octanol–water partition coefficient (Wildman–Crippen LogP) is 6.01. The first-order valence-electron chi connectivity index (χ1n) is 24.9. The van der Waals surface area contributed by atoms with Crippen LogP contribution >= 0.6 is 0 Å². The lowest BCUT2D eigenvalue weighted by Gasteiger charge is -2.28. The Bertz CT molecular complexity index is 3350. The van der Waals surface area contributed by atoms with Gasteiger partial charge in [0.15, 0.2) is 0 Å². The number of nitrogen functional groups attached to an aromatic ring is 4. The molecule has 0 radical (unpaired) electrons. The van der Waals surface area contributed by atoms with Crippen molar-refractivity contribution in [3.8, 4) is 0 Å². The fourth-order valence-electron chi connectivity index (χ4n) is 9.46. The summed E-state index contributed by atoms with van der Waals surface area (Å²) in [6.45, 7) is 3.04. The van der Waals surface area contributed by atoms with Gasteiger partial charge in [0.2, 0.25) is 40.1 Å². The van der Waals surface area contributed by atoms with Crippen molar-refractivity contribution >= 4 is 106 Å². The average Bonchev–Trinajstić information content (AvgIpc) is 3.41. The molecule has 0 saturated carbocycles. The zero-order chi connectivity index (χ0) is 54.1. The molecule has 12 N–H and O–H groups in total. The normalized spacial score (nSPS) is 12.7. The van der Waals surface area contributed by atoms with Crippen LogP contribution in [0.2, 0.25) is 0 Å². The smallest absolute Gasteiger partial charge is 0.241 e. The summed E-state index contributed by atoms with van der Waals surface area (Å²) in [6, 6.07) is 40.4. The Labute approximate surface area is 445 Å². The molecule has 0 aliphatic heterocycles. The van der Waals surface area contributed by atoms with Crippen molar-refractivity contribution in [3.63, 3.8) is 0 Å². The molecule has 0 aliphatic rings. The van der Waals surface area contributed by atoms with E-state index in [9.17, 15) is 33.7 Å². The second-order valence-corrected chi connectivity index (χ2v) is 25.4. The van der Waals surface area contributed by atoms with Crippen molar-refractivity contribution < 1.29 is 33.7 Å². The maximum atomic E-state index is 13.7. The summed E-state index contributed by atoms with van der Waals surface area (Å²) in [4.78, 5) is 4.68. The highest BCUT2D eigenvalue weighted by atomic mass is 32.2. The van der Waals surface area contributed by atoms with Gasteiger partial charge in [0.25, 0.3) is 0 Å². The Hall–Kier alpha value is -6.44. The molecule has 0 heterocycles. The Kier molecular flexibility index (Phi) is 17.8. The van der Waals surface area contributed by atoms with Gasteiger partial charge in [-0.25, -0.2) is 52.6 Å². The Morgan fingerprint density at radius 3 is 0.697 bits per heavy atom. The highest BCUT2D eigenvalue weighted by Gasteiger charge is 2.22. The van der Waals surface area contributed by atoms with Crippen molar-refractivity contribution in [3.05, 3.63) is 146 Å². The third-order valence-corrected chi connectivity index (χ3v) is 19.4. The van der Waals surface area contributed by atoms with Crippen LogP contribution in [0.15, 0.2) is 165 Å². The second-order valence-electron chi connectivity index (χ2n) is 18.5. The van der Waals surface area contributed by atoms with Crippen LogP contribution in [0.25, 0.3) is 43.1 Å². The second kappa shape index (κ2) is 24.3. The Morgan fingerprint density at radius 2 is 0.474 bits per heavy atom. The quantitative estimate of drug-likeness (QED) is 0.0216. The van der Waals surface area contributed by atoms with Crippen molar-refractivity contribution in [2.45, 2.75) is 45.3 Å². The molecule has 0 atom stereocenters. The third kappa shape index (κ3) is 13.2. The van der Waals surface area contributed by atoms with E-state index in [1.54, 1.807) is 121 Å². The summed E-state index contributed by atoms with van der Waals surface area (Å²) in [5.41, 5.74) is 26.5. The zero-order valence-electron chi connectivity index (χ0n) is 41.9. The summed E-state index contributed by atoms with van der Waals surface area (Å²) >= 11 is 0. The molecule has 0 spiro atoms. The molecule has 76 heavy (non-hydrogen) atoms. The fraction of sp³-hybridized carbons (Fsp3) is 0.259. The number of nitrogens with one attached hydrogen (secondary N) is 4. The number of benzene rings is 8. The molecule has 8 aromatic rings. The molecular formula is C54H64N10O8S4. The van der Waals surface area contributed by atoms with E-state index in [2.05, 4.69) is 28.7 Å². The van der Waals surface area contributed by atoms with E-state index >= 15 is 0 Å². The SMILES string of the molecule is Nc1cccc2c(S(=O)(=O)NCCCN(CCCNS(=O)(=O)c3cccc4c(N)cccc34)CCN(CCCNS(=O)(=O)c3cccc4c(N)cccc34)CCCNS(=O)(=O)c3cccc4c(N)cccc34)cccc12. The van der Waals surface area contributed by atoms with Crippen molar-refractivity contribution in [2.75, 3.05) is 88.4 Å². The molecule has 8 rings (SSSR count). The summed E-state index contributed by atoms with van der Waals surface area (Å²) in [6.07, 6.45) is 1.61. The predicted molar refractivity (Wildman–Crippen MR) is 306 cm³/mol. The first-order valence-corrected chi connectivity index (χ1v) is 30.8. The molecule has 0 fully saturated rings. The lowest BCUT2D eigenvalue weighted by atomic mass is 10.1. The Morgan fingerprint density at radius 1 is 0.276 bits per heavy atom. The average molecular weight is 1110 g/mol. The van der Waals surface area contributed by atoms with Crippen LogP contribution in [0.4, 0.5) is 22.7 Å². The van der Waals surface area contributed by atoms with Crippen molar-refractivity contribution in [2.24, 2.45) is 0 Å². The lowest BCUT2D eigenvalue weighted by Crippen LogP contribution is -2.40. The molecule has 22 heteroatoms. The van der Waals surface area contributed by atoms with Gasteiger partial charge in [-0.3, -0.25) is 0 Å². The monoisotopic (exact) mass is 1110 g/mol. The van der Waals surface area contributed by atoms with Gasteiger partial charge in [-0.1, -0.05) is 97.1 Å². The van der Waals surface area contributed by atoms with E-state index in [-0.39, 0.29) is 45.8 Å². The molecule has 0 aromatic heterocycles. The largest absolute Gasteiger partial charge is 0.398 e. The number of hydrogen-bond acceptors (Lipinski definition) is 14.